The lowest BCUT2D eigenvalue weighted by molar-refractivity contribution is -0.726. The first-order valence-electron chi connectivity index (χ1n) is 12.8. The Morgan fingerprint density at radius 3 is 2.05 bits per heavy atom. The predicted molar refractivity (Wildman–Crippen MR) is 149 cm³/mol. The van der Waals surface area contributed by atoms with E-state index in [1.54, 1.807) is 0 Å². The lowest BCUT2D eigenvalue weighted by atomic mass is 10.1. The molecule has 0 radical (unpaired) electrons. The van der Waals surface area contributed by atoms with E-state index in [4.69, 9.17) is 14.5 Å². The first-order valence-corrected chi connectivity index (χ1v) is 12.8. The fourth-order valence-electron chi connectivity index (χ4n) is 4.92. The van der Waals surface area contributed by atoms with Crippen molar-refractivity contribution in [3.8, 4) is 28.4 Å². The van der Waals surface area contributed by atoms with Crippen LogP contribution in [0.15, 0.2) is 115 Å². The normalized spacial score (nSPS) is 12.4. The number of benzene rings is 4. The standard InChI is InChI=1S/C22H17N2O2.C10H9N2O/c1-16-10-11-19-8-5-9-21-22(19)23(16)24(26-21)25-20-14-12-18(13-15-20)17-6-3-2-4-7-17;1-7-5-6-8-3-2-4-9-10(8)12(7)11-13-9/h2-15H,1H3;2-6,11H,1H3/q2*+1. The van der Waals surface area contributed by atoms with Gasteiger partial charge in [0.15, 0.2) is 5.75 Å². The Kier molecular flexibility index (Phi) is 5.41. The second-order valence-electron chi connectivity index (χ2n) is 9.49. The summed E-state index contributed by atoms with van der Waals surface area (Å²) in [5.74, 6) is 2.38. The van der Waals surface area contributed by atoms with E-state index in [1.165, 1.54) is 16.3 Å². The molecule has 0 saturated carbocycles. The zero-order valence-electron chi connectivity index (χ0n) is 21.5. The van der Waals surface area contributed by atoms with E-state index in [2.05, 4.69) is 54.1 Å². The van der Waals surface area contributed by atoms with Crippen LogP contribution in [0.5, 0.6) is 17.2 Å². The van der Waals surface area contributed by atoms with Crippen LogP contribution >= 0.6 is 0 Å². The third-order valence-corrected chi connectivity index (χ3v) is 6.92. The number of hydrogen-bond acceptors (Lipinski definition) is 5. The summed E-state index contributed by atoms with van der Waals surface area (Å²) < 4.78 is 3.89. The lowest BCUT2D eigenvalue weighted by Gasteiger charge is -2.11. The van der Waals surface area contributed by atoms with Crippen LogP contribution in [0, 0.1) is 13.8 Å². The van der Waals surface area contributed by atoms with Crippen molar-refractivity contribution >= 4 is 21.8 Å². The first kappa shape index (κ1) is 22.9. The van der Waals surface area contributed by atoms with Gasteiger partial charge in [-0.3, -0.25) is 9.68 Å². The van der Waals surface area contributed by atoms with Crippen LogP contribution in [0.2, 0.25) is 0 Å². The molecule has 7 nitrogen and oxygen atoms in total. The highest BCUT2D eigenvalue weighted by Gasteiger charge is 2.36. The fraction of sp³-hybridized carbons (Fsp3) is 0.0625. The van der Waals surface area contributed by atoms with Gasteiger partial charge in [0.2, 0.25) is 28.2 Å². The molecule has 2 aromatic heterocycles. The van der Waals surface area contributed by atoms with Gasteiger partial charge in [-0.15, -0.1) is 0 Å². The van der Waals surface area contributed by atoms with Gasteiger partial charge in [0.25, 0.3) is 11.0 Å². The highest BCUT2D eigenvalue weighted by atomic mass is 17.0. The average Bonchev–Trinajstić information content (AvgIpc) is 3.58. The lowest BCUT2D eigenvalue weighted by Crippen LogP contribution is -2.59. The van der Waals surface area contributed by atoms with Crippen molar-refractivity contribution in [2.24, 2.45) is 0 Å². The van der Waals surface area contributed by atoms with Gasteiger partial charge >= 0.3 is 0 Å². The molecule has 0 amide bonds. The second-order valence-corrected chi connectivity index (χ2v) is 9.49. The Balaban J connectivity index is 0.000000162. The maximum absolute atomic E-state index is 5.99. The predicted octanol–water partition coefficient (Wildman–Crippen LogP) is 5.63. The van der Waals surface area contributed by atoms with Gasteiger partial charge in [-0.25, -0.2) is 0 Å². The summed E-state index contributed by atoms with van der Waals surface area (Å²) in [6.07, 6.45) is 0. The molecule has 0 bridgehead atoms. The van der Waals surface area contributed by atoms with Crippen LogP contribution < -0.4 is 34.8 Å². The van der Waals surface area contributed by atoms with Crippen molar-refractivity contribution in [3.63, 3.8) is 0 Å². The van der Waals surface area contributed by atoms with E-state index < -0.39 is 0 Å². The topological polar surface area (TPSA) is 50.7 Å². The van der Waals surface area contributed by atoms with Crippen LogP contribution in [-0.2, 0) is 0 Å². The summed E-state index contributed by atoms with van der Waals surface area (Å²) in [6.45, 7) is 4.07. The molecular formula is C32H26N4O3+2. The molecule has 4 aromatic carbocycles. The Labute approximate surface area is 225 Å². The molecule has 0 fully saturated rings. The third kappa shape index (κ3) is 4.01. The van der Waals surface area contributed by atoms with Gasteiger partial charge in [-0.1, -0.05) is 54.6 Å². The summed E-state index contributed by atoms with van der Waals surface area (Å²) in [4.78, 5) is 17.2. The van der Waals surface area contributed by atoms with Gasteiger partial charge in [0.05, 0.1) is 10.8 Å². The van der Waals surface area contributed by atoms with Crippen molar-refractivity contribution in [2.45, 2.75) is 13.8 Å². The Morgan fingerprint density at radius 1 is 0.615 bits per heavy atom. The van der Waals surface area contributed by atoms with Gasteiger partial charge in [0, 0.05) is 26.0 Å². The smallest absolute Gasteiger partial charge is 0.295 e. The zero-order chi connectivity index (χ0) is 26.3. The fourth-order valence-corrected chi connectivity index (χ4v) is 4.92. The SMILES string of the molecule is Cc1ccc2cccc3c2[n+]1N(Oc1ccc(-c2ccccc2)cc1)O3.Cc1ccc2cccc3c2[n+]1NO3. The van der Waals surface area contributed by atoms with Gasteiger partial charge < -0.3 is 4.84 Å². The maximum atomic E-state index is 5.99. The monoisotopic (exact) mass is 514 g/mol. The Hall–Kier alpha value is -5.30. The molecule has 2 aliphatic heterocycles. The summed E-state index contributed by atoms with van der Waals surface area (Å²) in [7, 11) is 0. The minimum absolute atomic E-state index is 0.710. The summed E-state index contributed by atoms with van der Waals surface area (Å²) in [6, 6.07) is 38.6. The molecule has 0 atom stereocenters. The maximum Gasteiger partial charge on any atom is 0.295 e. The Morgan fingerprint density at radius 2 is 1.28 bits per heavy atom. The second kappa shape index (κ2) is 9.22. The number of rotatable bonds is 3. The molecule has 6 aromatic rings. The molecule has 190 valence electrons. The van der Waals surface area contributed by atoms with Crippen molar-refractivity contribution in [1.29, 1.82) is 0 Å². The van der Waals surface area contributed by atoms with E-state index in [9.17, 15) is 0 Å². The van der Waals surface area contributed by atoms with E-state index in [0.29, 0.717) is 5.75 Å². The number of hydrogen-bond donors (Lipinski definition) is 1. The summed E-state index contributed by atoms with van der Waals surface area (Å²) >= 11 is 0. The molecule has 0 saturated heterocycles. The van der Waals surface area contributed by atoms with E-state index >= 15 is 0 Å². The van der Waals surface area contributed by atoms with Crippen molar-refractivity contribution in [1.82, 2.24) is 0 Å². The zero-order valence-corrected chi connectivity index (χ0v) is 21.5. The van der Waals surface area contributed by atoms with Crippen molar-refractivity contribution in [2.75, 3.05) is 10.9 Å². The van der Waals surface area contributed by atoms with Crippen LogP contribution in [0.4, 0.5) is 0 Å². The largest absolute Gasteiger partial charge is 0.327 e. The van der Waals surface area contributed by atoms with Gasteiger partial charge in [0.1, 0.15) is 0 Å². The molecule has 2 aliphatic rings. The van der Waals surface area contributed by atoms with E-state index in [1.807, 2.05) is 89.9 Å². The third-order valence-electron chi connectivity index (χ3n) is 6.92. The van der Waals surface area contributed by atoms with E-state index in [-0.39, 0.29) is 0 Å². The van der Waals surface area contributed by atoms with Crippen LogP contribution in [0.1, 0.15) is 11.4 Å². The molecule has 7 heteroatoms. The molecule has 0 unspecified atom stereocenters. The number of nitrogens with zero attached hydrogens (tertiary/aromatic N) is 3. The minimum atomic E-state index is 0.710. The Bertz CT molecular complexity index is 1840. The highest BCUT2D eigenvalue weighted by molar-refractivity contribution is 5.83. The van der Waals surface area contributed by atoms with Crippen LogP contribution in [-0.4, -0.2) is 0 Å². The highest BCUT2D eigenvalue weighted by Crippen LogP contribution is 2.29. The summed E-state index contributed by atoms with van der Waals surface area (Å²) in [5.41, 5.74) is 9.47. The van der Waals surface area contributed by atoms with Crippen LogP contribution in [0.25, 0.3) is 32.9 Å². The number of aryl methyl sites for hydroxylation is 2. The average molecular weight is 515 g/mol. The molecule has 1 N–H and O–H groups in total. The number of pyridine rings is 2. The number of aromatic nitrogens is 2. The van der Waals surface area contributed by atoms with Gasteiger partial charge in [-0.2, -0.15) is 0 Å². The number of nitrogens with one attached hydrogen (secondary N) is 1. The van der Waals surface area contributed by atoms with Gasteiger partial charge in [-0.05, 0) is 74.6 Å². The molecule has 0 aliphatic carbocycles. The molecular weight excluding hydrogens is 488 g/mol. The molecule has 8 rings (SSSR count). The quantitative estimate of drug-likeness (QED) is 0.310. The molecule has 39 heavy (non-hydrogen) atoms. The summed E-state index contributed by atoms with van der Waals surface area (Å²) in [5, 5.41) is 3.73. The minimum Gasteiger partial charge on any atom is -0.327 e. The van der Waals surface area contributed by atoms with Crippen LogP contribution in [0.3, 0.4) is 0 Å². The number of para-hydroxylation sites is 2. The molecule has 0 spiro atoms. The van der Waals surface area contributed by atoms with Crippen molar-refractivity contribution in [3.05, 3.63) is 127 Å². The first-order chi connectivity index (χ1) is 19.2. The van der Waals surface area contributed by atoms with E-state index in [0.717, 1.165) is 44.9 Å². The molecule has 4 heterocycles. The van der Waals surface area contributed by atoms with Crippen molar-refractivity contribution < 1.29 is 23.9 Å².